The van der Waals surface area contributed by atoms with E-state index in [4.69, 9.17) is 14.4 Å². The highest BCUT2D eigenvalue weighted by Crippen LogP contribution is 2.38. The van der Waals surface area contributed by atoms with Crippen molar-refractivity contribution in [1.29, 1.82) is 0 Å². The number of oxazole rings is 1. The minimum atomic E-state index is 0.672. The van der Waals surface area contributed by atoms with Crippen LogP contribution in [0.5, 0.6) is 0 Å². The summed E-state index contributed by atoms with van der Waals surface area (Å²) in [5.74, 6) is 1.55. The number of thiazole rings is 1. The van der Waals surface area contributed by atoms with Crippen LogP contribution in [0.15, 0.2) is 193 Å². The highest BCUT2D eigenvalue weighted by molar-refractivity contribution is 7.21. The Kier molecular flexibility index (Phi) is 9.70. The first-order chi connectivity index (χ1) is 27.6. The second-order valence-electron chi connectivity index (χ2n) is 13.8. The maximum Gasteiger partial charge on any atom is 0.226 e. The summed E-state index contributed by atoms with van der Waals surface area (Å²) in [6.45, 7) is 8.09. The zero-order valence-corrected chi connectivity index (χ0v) is 31.8. The SMILES string of the molecule is C=C/C=C(\C=C)N(c1ccc(-c2ccc(N(C3=CCCC=C3)c3ccc(-c4nc5c(o4)C=CCC5)cc3)cc2)cc1)c1ccc(-c2nc3ccccc3s2)cc1. The minimum absolute atomic E-state index is 0.672. The van der Waals surface area contributed by atoms with Gasteiger partial charge in [0.05, 0.1) is 15.9 Å². The Hall–Kier alpha value is -6.76. The van der Waals surface area contributed by atoms with E-state index in [1.54, 1.807) is 17.4 Å². The number of aromatic nitrogens is 2. The van der Waals surface area contributed by atoms with Crippen molar-refractivity contribution >= 4 is 50.4 Å². The first-order valence-corrected chi connectivity index (χ1v) is 19.8. The van der Waals surface area contributed by atoms with Crippen LogP contribution in [0.25, 0.3) is 49.4 Å². The highest BCUT2D eigenvalue weighted by Gasteiger charge is 2.19. The van der Waals surface area contributed by atoms with Gasteiger partial charge in [-0.25, -0.2) is 9.97 Å². The molecule has 2 aliphatic rings. The molecule has 0 aliphatic heterocycles. The van der Waals surface area contributed by atoms with E-state index in [0.29, 0.717) is 5.89 Å². The van der Waals surface area contributed by atoms with Gasteiger partial charge in [-0.2, -0.15) is 0 Å². The van der Waals surface area contributed by atoms with E-state index in [1.807, 2.05) is 24.3 Å². The van der Waals surface area contributed by atoms with Gasteiger partial charge in [-0.05, 0) is 146 Å². The molecule has 5 nitrogen and oxygen atoms in total. The van der Waals surface area contributed by atoms with Crippen LogP contribution in [-0.4, -0.2) is 9.97 Å². The zero-order chi connectivity index (χ0) is 37.8. The summed E-state index contributed by atoms with van der Waals surface area (Å²) in [6, 6.07) is 42.9. The quantitative estimate of drug-likeness (QED) is 0.123. The van der Waals surface area contributed by atoms with Crippen molar-refractivity contribution < 1.29 is 4.42 Å². The number of aryl methyl sites for hydroxylation is 1. The molecule has 2 heterocycles. The third kappa shape index (κ3) is 6.99. The lowest BCUT2D eigenvalue weighted by Crippen LogP contribution is -2.16. The van der Waals surface area contributed by atoms with Crippen molar-refractivity contribution in [2.75, 3.05) is 9.80 Å². The van der Waals surface area contributed by atoms with Crippen LogP contribution in [0, 0.1) is 0 Å². The smallest absolute Gasteiger partial charge is 0.226 e. The molecule has 7 aromatic rings. The molecule has 0 spiro atoms. The van der Waals surface area contributed by atoms with Gasteiger partial charge >= 0.3 is 0 Å². The van der Waals surface area contributed by atoms with Gasteiger partial charge in [-0.15, -0.1) is 11.3 Å². The molecule has 0 bridgehead atoms. The number of nitrogens with zero attached hydrogens (tertiary/aromatic N) is 4. The van der Waals surface area contributed by atoms with E-state index >= 15 is 0 Å². The van der Waals surface area contributed by atoms with Gasteiger partial charge < -0.3 is 14.2 Å². The Bertz CT molecular complexity index is 2620. The van der Waals surface area contributed by atoms with E-state index in [2.05, 4.69) is 163 Å². The summed E-state index contributed by atoms with van der Waals surface area (Å²) >= 11 is 1.71. The molecular weight excluding hydrogens is 705 g/mol. The van der Waals surface area contributed by atoms with Crippen molar-refractivity contribution in [2.24, 2.45) is 0 Å². The van der Waals surface area contributed by atoms with Crippen LogP contribution in [0.2, 0.25) is 0 Å². The van der Waals surface area contributed by atoms with E-state index in [1.165, 1.54) is 4.70 Å². The van der Waals surface area contributed by atoms with Gasteiger partial charge in [0.2, 0.25) is 5.89 Å². The lowest BCUT2D eigenvalue weighted by molar-refractivity contribution is 0.560. The van der Waals surface area contributed by atoms with Crippen LogP contribution in [0.3, 0.4) is 0 Å². The number of fused-ring (bicyclic) bond motifs is 2. The second kappa shape index (κ2) is 15.5. The Balaban J connectivity index is 0.978. The van der Waals surface area contributed by atoms with Gasteiger partial charge in [0, 0.05) is 45.3 Å². The van der Waals surface area contributed by atoms with Crippen LogP contribution in [-0.2, 0) is 6.42 Å². The van der Waals surface area contributed by atoms with Crippen molar-refractivity contribution in [1.82, 2.24) is 9.97 Å². The molecule has 0 saturated carbocycles. The Morgan fingerprint density at radius 2 is 1.27 bits per heavy atom. The average molecular weight is 745 g/mol. The fourth-order valence-corrected chi connectivity index (χ4v) is 8.30. The largest absolute Gasteiger partial charge is 0.436 e. The third-order valence-corrected chi connectivity index (χ3v) is 11.2. The maximum absolute atomic E-state index is 6.10. The highest BCUT2D eigenvalue weighted by atomic mass is 32.1. The average Bonchev–Trinajstić information content (AvgIpc) is 3.90. The van der Waals surface area contributed by atoms with Crippen LogP contribution < -0.4 is 9.80 Å². The van der Waals surface area contributed by atoms with Crippen LogP contribution in [0.4, 0.5) is 22.7 Å². The Labute approximate surface area is 331 Å². The third-order valence-electron chi connectivity index (χ3n) is 10.2. The summed E-state index contributed by atoms with van der Waals surface area (Å²) < 4.78 is 7.29. The van der Waals surface area contributed by atoms with Gasteiger partial charge in [0.15, 0.2) is 5.76 Å². The predicted octanol–water partition coefficient (Wildman–Crippen LogP) is 14.0. The van der Waals surface area contributed by atoms with Gasteiger partial charge in [0.25, 0.3) is 0 Å². The predicted molar refractivity (Wildman–Crippen MR) is 235 cm³/mol. The molecule has 2 aliphatic carbocycles. The summed E-state index contributed by atoms with van der Waals surface area (Å²) in [4.78, 5) is 14.2. The fraction of sp³-hybridized carbons (Fsp3) is 0.0800. The molecule has 272 valence electrons. The van der Waals surface area contributed by atoms with Crippen LogP contribution in [0.1, 0.15) is 30.7 Å². The molecule has 0 N–H and O–H groups in total. The summed E-state index contributed by atoms with van der Waals surface area (Å²) in [5, 5.41) is 1.01. The Morgan fingerprint density at radius 3 is 1.88 bits per heavy atom. The molecule has 56 heavy (non-hydrogen) atoms. The molecule has 5 aromatic carbocycles. The first-order valence-electron chi connectivity index (χ1n) is 19.0. The monoisotopic (exact) mass is 744 g/mol. The molecular formula is C50H40N4OS. The lowest BCUT2D eigenvalue weighted by atomic mass is 10.0. The van der Waals surface area contributed by atoms with E-state index in [9.17, 15) is 0 Å². The number of benzene rings is 5. The fourth-order valence-electron chi connectivity index (χ4n) is 7.33. The number of para-hydroxylation sites is 1. The van der Waals surface area contributed by atoms with Crippen molar-refractivity contribution in [2.45, 2.75) is 25.7 Å². The van der Waals surface area contributed by atoms with E-state index in [-0.39, 0.29) is 0 Å². The molecule has 0 radical (unpaired) electrons. The van der Waals surface area contributed by atoms with E-state index in [0.717, 1.165) is 104 Å². The van der Waals surface area contributed by atoms with Crippen molar-refractivity contribution in [3.8, 4) is 33.2 Å². The molecule has 0 amide bonds. The summed E-state index contributed by atoms with van der Waals surface area (Å²) in [5.41, 5.74) is 12.7. The number of rotatable bonds is 11. The number of hydrogen-bond acceptors (Lipinski definition) is 6. The second-order valence-corrected chi connectivity index (χ2v) is 14.8. The Morgan fingerprint density at radius 1 is 0.643 bits per heavy atom. The molecule has 6 heteroatoms. The lowest BCUT2D eigenvalue weighted by Gasteiger charge is -2.28. The van der Waals surface area contributed by atoms with Crippen molar-refractivity contribution in [3.63, 3.8) is 0 Å². The topological polar surface area (TPSA) is 45.4 Å². The van der Waals surface area contributed by atoms with Gasteiger partial charge in [-0.3, -0.25) is 0 Å². The zero-order valence-electron chi connectivity index (χ0n) is 31.0. The van der Waals surface area contributed by atoms with Crippen molar-refractivity contribution in [3.05, 3.63) is 200 Å². The maximum atomic E-state index is 6.10. The van der Waals surface area contributed by atoms with Crippen LogP contribution >= 0.6 is 11.3 Å². The standard InChI is InChI=1S/C50H40N4OS/c1-3-12-39(4-2)53(42-33-25-38(26-34-42)50-52-46-16-9-11-18-48(46)56-50)41-27-19-35(20-28-41)36-21-29-43(30-22-36)54(40-13-6-5-7-14-40)44-31-23-37(24-32-44)49-51-45-15-8-10-17-47(45)55-49/h3-4,6,9-14,16-34H,1-2,5,7-8,15H2/b39-12+. The normalized spacial score (nSPS) is 13.6. The van der Waals surface area contributed by atoms with E-state index < -0.39 is 0 Å². The molecule has 9 rings (SSSR count). The number of allylic oxidation sites excluding steroid dienone is 7. The minimum Gasteiger partial charge on any atom is -0.436 e. The number of hydrogen-bond donors (Lipinski definition) is 0. The summed E-state index contributed by atoms with van der Waals surface area (Å²) in [6.07, 6.45) is 20.6. The molecule has 0 fully saturated rings. The molecule has 0 atom stereocenters. The molecule has 2 aromatic heterocycles. The van der Waals surface area contributed by atoms with Gasteiger partial charge in [-0.1, -0.05) is 73.9 Å². The summed E-state index contributed by atoms with van der Waals surface area (Å²) in [7, 11) is 0. The van der Waals surface area contributed by atoms with Gasteiger partial charge in [0.1, 0.15) is 5.01 Å². The molecule has 0 unspecified atom stereocenters. The first kappa shape index (κ1) is 35.0. The number of anilines is 4. The molecule has 0 saturated heterocycles.